The molecule has 1 aromatic heterocycles. The van der Waals surface area contributed by atoms with Crippen LogP contribution in [0.25, 0.3) is 11.3 Å². The summed E-state index contributed by atoms with van der Waals surface area (Å²) in [5.41, 5.74) is 1.85. The summed E-state index contributed by atoms with van der Waals surface area (Å²) in [6.45, 7) is 1.48. The molecule has 2 heterocycles. The zero-order valence-electron chi connectivity index (χ0n) is 18.3. The summed E-state index contributed by atoms with van der Waals surface area (Å²) in [7, 11) is 4.60. The molecule has 32 heavy (non-hydrogen) atoms. The number of carbonyl (C=O) groups excluding carboxylic acids is 1. The number of amides is 1. The van der Waals surface area contributed by atoms with E-state index in [4.69, 9.17) is 14.2 Å². The highest BCUT2D eigenvalue weighted by atomic mass is 32.2. The molecule has 0 saturated heterocycles. The lowest BCUT2D eigenvalue weighted by molar-refractivity contribution is -0.763. The van der Waals surface area contributed by atoms with Crippen LogP contribution >= 0.6 is 11.8 Å². The van der Waals surface area contributed by atoms with E-state index >= 15 is 0 Å². The van der Waals surface area contributed by atoms with Crippen LogP contribution in [0.1, 0.15) is 18.7 Å². The highest BCUT2D eigenvalue weighted by Crippen LogP contribution is 2.43. The van der Waals surface area contributed by atoms with E-state index in [2.05, 4.69) is 10.1 Å². The molecule has 9 nitrogen and oxygen atoms in total. The summed E-state index contributed by atoms with van der Waals surface area (Å²) >= 11 is 1.30. The second-order valence-electron chi connectivity index (χ2n) is 6.99. The molecule has 0 spiro atoms. The van der Waals surface area contributed by atoms with Gasteiger partial charge in [0, 0.05) is 18.1 Å². The third-order valence-electron chi connectivity index (χ3n) is 5.30. The molecule has 1 unspecified atom stereocenters. The van der Waals surface area contributed by atoms with E-state index < -0.39 is 6.17 Å². The van der Waals surface area contributed by atoms with Crippen molar-refractivity contribution in [2.45, 2.75) is 18.2 Å². The number of rotatable bonds is 5. The number of ether oxygens (including phenoxy) is 3. The highest BCUT2D eigenvalue weighted by Gasteiger charge is 2.46. The summed E-state index contributed by atoms with van der Waals surface area (Å²) < 4.78 is 18.1. The van der Waals surface area contributed by atoms with Crippen molar-refractivity contribution in [1.29, 1.82) is 0 Å². The molecule has 1 aliphatic heterocycles. The lowest BCUT2D eigenvalue weighted by Crippen LogP contribution is -2.60. The van der Waals surface area contributed by atoms with Gasteiger partial charge in [0.2, 0.25) is 11.1 Å². The van der Waals surface area contributed by atoms with Gasteiger partial charge in [-0.3, -0.25) is 14.6 Å². The Morgan fingerprint density at radius 1 is 1.09 bits per heavy atom. The number of nitrogens with one attached hydrogen (secondary N) is 1. The molecule has 1 atom stereocenters. The fraction of sp³-hybridized carbons (Fsp3) is 0.273. The van der Waals surface area contributed by atoms with Gasteiger partial charge in [-0.1, -0.05) is 23.9 Å². The number of nitrogens with zero attached hydrogens (tertiary/aromatic N) is 3. The number of benzene rings is 2. The SMILES string of the molecule is COc1cc(OC)c(C2N(C(C)=O)c3ccccc3-c3c(=O)[nH]c(SC)n[n+]32)cc1OC. The van der Waals surface area contributed by atoms with E-state index in [0.29, 0.717) is 44.9 Å². The van der Waals surface area contributed by atoms with Gasteiger partial charge in [0.25, 0.3) is 6.17 Å². The zero-order chi connectivity index (χ0) is 23.0. The maximum absolute atomic E-state index is 13.1. The van der Waals surface area contributed by atoms with Crippen molar-refractivity contribution in [3.05, 3.63) is 52.3 Å². The van der Waals surface area contributed by atoms with Gasteiger partial charge in [0.1, 0.15) is 5.75 Å². The molecule has 1 aliphatic rings. The minimum atomic E-state index is -0.791. The Kier molecular flexibility index (Phi) is 5.79. The first-order chi connectivity index (χ1) is 15.4. The molecule has 3 aromatic rings. The second-order valence-corrected chi connectivity index (χ2v) is 7.78. The standard InChI is InChI=1S/C22H22N4O5S/c1-12(27)25-15-9-7-6-8-13(15)19-20(28)23-22(32-5)24-26(19)21(25)14-10-17(30-3)18(31-4)11-16(14)29-2/h6-11,21H,1-5H3/p+1. The smallest absolute Gasteiger partial charge is 0.325 e. The summed E-state index contributed by atoms with van der Waals surface area (Å²) in [5.74, 6) is 1.19. The van der Waals surface area contributed by atoms with Crippen LogP contribution in [0.2, 0.25) is 0 Å². The van der Waals surface area contributed by atoms with Gasteiger partial charge in [0.05, 0.1) is 38.1 Å². The van der Waals surface area contributed by atoms with Gasteiger partial charge in [-0.05, 0) is 29.1 Å². The number of para-hydroxylation sites is 1. The molecular weight excluding hydrogens is 432 g/mol. The molecule has 0 aliphatic carbocycles. The number of hydrogen-bond donors (Lipinski definition) is 1. The van der Waals surface area contributed by atoms with Gasteiger partial charge in [-0.15, -0.1) is 0 Å². The minimum Gasteiger partial charge on any atom is -0.496 e. The Labute approximate surface area is 188 Å². The molecular formula is C22H23N4O5S+. The fourth-order valence-corrected chi connectivity index (χ4v) is 4.30. The van der Waals surface area contributed by atoms with Crippen molar-refractivity contribution in [3.63, 3.8) is 0 Å². The zero-order valence-corrected chi connectivity index (χ0v) is 19.1. The van der Waals surface area contributed by atoms with Gasteiger partial charge < -0.3 is 14.2 Å². The fourth-order valence-electron chi connectivity index (χ4n) is 3.94. The molecule has 0 fully saturated rings. The first kappa shape index (κ1) is 21.7. The van der Waals surface area contributed by atoms with E-state index in [1.165, 1.54) is 40.0 Å². The second kappa shape index (κ2) is 8.54. The topological polar surface area (TPSA) is 97.6 Å². The van der Waals surface area contributed by atoms with E-state index in [9.17, 15) is 9.59 Å². The third kappa shape index (κ3) is 3.36. The number of H-pyrrole nitrogens is 1. The monoisotopic (exact) mass is 455 g/mol. The molecule has 0 bridgehead atoms. The largest absolute Gasteiger partial charge is 0.496 e. The van der Waals surface area contributed by atoms with Gasteiger partial charge in [-0.25, -0.2) is 4.90 Å². The summed E-state index contributed by atoms with van der Waals surface area (Å²) in [4.78, 5) is 30.5. The molecule has 1 N–H and O–H groups in total. The van der Waals surface area contributed by atoms with Crippen LogP contribution in [0.5, 0.6) is 17.2 Å². The molecule has 10 heteroatoms. The van der Waals surface area contributed by atoms with Crippen molar-refractivity contribution in [1.82, 2.24) is 10.1 Å². The van der Waals surface area contributed by atoms with Crippen LogP contribution in [-0.2, 0) is 4.79 Å². The molecule has 1 amide bonds. The summed E-state index contributed by atoms with van der Waals surface area (Å²) in [6, 6.07) is 10.7. The van der Waals surface area contributed by atoms with Gasteiger partial charge in [-0.2, -0.15) is 0 Å². The summed E-state index contributed by atoms with van der Waals surface area (Å²) in [5, 5.41) is 5.08. The molecule has 0 saturated carbocycles. The lowest BCUT2D eigenvalue weighted by Gasteiger charge is -2.32. The number of hydrogen-bond acceptors (Lipinski definition) is 7. The number of carbonyl (C=O) groups is 1. The number of aromatic nitrogens is 3. The highest BCUT2D eigenvalue weighted by molar-refractivity contribution is 7.98. The van der Waals surface area contributed by atoms with Crippen molar-refractivity contribution in [2.75, 3.05) is 32.5 Å². The van der Waals surface area contributed by atoms with Crippen LogP contribution in [0.15, 0.2) is 46.3 Å². The van der Waals surface area contributed by atoms with Gasteiger partial charge >= 0.3 is 11.3 Å². The maximum Gasteiger partial charge on any atom is 0.325 e. The predicted octanol–water partition coefficient (Wildman–Crippen LogP) is 2.39. The van der Waals surface area contributed by atoms with Crippen molar-refractivity contribution in [3.8, 4) is 28.5 Å². The molecule has 2 aromatic carbocycles. The predicted molar refractivity (Wildman–Crippen MR) is 120 cm³/mol. The van der Waals surface area contributed by atoms with E-state index in [-0.39, 0.29) is 11.5 Å². The van der Waals surface area contributed by atoms with Crippen molar-refractivity contribution < 1.29 is 23.7 Å². The van der Waals surface area contributed by atoms with Crippen LogP contribution in [0, 0.1) is 0 Å². The van der Waals surface area contributed by atoms with Crippen LogP contribution in [0.4, 0.5) is 5.69 Å². The molecule has 4 rings (SSSR count). The first-order valence-corrected chi connectivity index (χ1v) is 11.0. The average molecular weight is 456 g/mol. The summed E-state index contributed by atoms with van der Waals surface area (Å²) in [6.07, 6.45) is 1.02. The Morgan fingerprint density at radius 3 is 2.38 bits per heavy atom. The van der Waals surface area contributed by atoms with Crippen LogP contribution < -0.4 is 29.4 Å². The minimum absolute atomic E-state index is 0.217. The number of thioether (sulfide) groups is 1. The number of anilines is 1. The Morgan fingerprint density at radius 2 is 1.75 bits per heavy atom. The van der Waals surface area contributed by atoms with Crippen molar-refractivity contribution >= 4 is 23.4 Å². The number of fused-ring (bicyclic) bond motifs is 3. The van der Waals surface area contributed by atoms with E-state index in [1.54, 1.807) is 27.8 Å². The molecule has 0 radical (unpaired) electrons. The van der Waals surface area contributed by atoms with E-state index in [1.807, 2.05) is 24.5 Å². The van der Waals surface area contributed by atoms with Crippen LogP contribution in [-0.4, -0.2) is 43.6 Å². The first-order valence-electron chi connectivity index (χ1n) is 9.74. The van der Waals surface area contributed by atoms with Gasteiger partial charge in [0.15, 0.2) is 11.5 Å². The van der Waals surface area contributed by atoms with Crippen LogP contribution in [0.3, 0.4) is 0 Å². The normalized spacial score (nSPS) is 14.4. The quantitative estimate of drug-likeness (QED) is 0.466. The maximum atomic E-state index is 13.1. The van der Waals surface area contributed by atoms with E-state index in [0.717, 1.165) is 0 Å². The number of aromatic amines is 1. The van der Waals surface area contributed by atoms with Crippen molar-refractivity contribution in [2.24, 2.45) is 0 Å². The average Bonchev–Trinajstić information content (AvgIpc) is 2.81. The number of methoxy groups -OCH3 is 3. The molecule has 166 valence electrons. The third-order valence-corrected chi connectivity index (χ3v) is 5.88. The lowest BCUT2D eigenvalue weighted by atomic mass is 10.0. The Hall–Kier alpha value is -3.53. The Bertz CT molecular complexity index is 1260. The Balaban J connectivity index is 2.12.